The summed E-state index contributed by atoms with van der Waals surface area (Å²) in [4.78, 5) is 0.765. The maximum atomic E-state index is 12.9. The van der Waals surface area contributed by atoms with Gasteiger partial charge in [0.1, 0.15) is 5.25 Å². The summed E-state index contributed by atoms with van der Waals surface area (Å²) in [5, 5.41) is 0.797. The highest BCUT2D eigenvalue weighted by atomic mass is 32.2. The van der Waals surface area contributed by atoms with Crippen LogP contribution in [0.4, 0.5) is 0 Å². The van der Waals surface area contributed by atoms with Crippen LogP contribution in [0, 0.1) is 0 Å². The van der Waals surface area contributed by atoms with E-state index in [-0.39, 0.29) is 11.4 Å². The smallest absolute Gasteiger partial charge is 0.223 e. The summed E-state index contributed by atoms with van der Waals surface area (Å²) in [6.45, 7) is 1.91. The average Bonchev–Trinajstić information content (AvgIpc) is 3.08. The first-order chi connectivity index (χ1) is 11.4. The minimum Gasteiger partial charge on any atom is -0.223 e. The molecule has 0 amide bonds. The molecule has 2 aromatic rings. The van der Waals surface area contributed by atoms with Gasteiger partial charge in [0.25, 0.3) is 10.2 Å². The molecule has 2 rings (SSSR count). The summed E-state index contributed by atoms with van der Waals surface area (Å²) in [5.41, 5.74) is 0. The van der Waals surface area contributed by atoms with E-state index in [0.717, 1.165) is 0 Å². The molecule has 0 saturated carbocycles. The van der Waals surface area contributed by atoms with Gasteiger partial charge in [-0.05, 0) is 30.0 Å². The van der Waals surface area contributed by atoms with Crippen molar-refractivity contribution in [3.63, 3.8) is 0 Å². The molecule has 0 aliphatic rings. The zero-order valence-electron chi connectivity index (χ0n) is 13.2. The van der Waals surface area contributed by atoms with Crippen LogP contribution in [0.5, 0.6) is 0 Å². The number of nitrogens with one attached hydrogen (secondary N) is 2. The quantitative estimate of drug-likeness (QED) is 0.688. The van der Waals surface area contributed by atoms with Crippen molar-refractivity contribution in [1.82, 2.24) is 9.44 Å². The predicted molar refractivity (Wildman–Crippen MR) is 95.9 cm³/mol. The van der Waals surface area contributed by atoms with Crippen molar-refractivity contribution in [2.75, 3.05) is 13.1 Å². The zero-order valence-corrected chi connectivity index (χ0v) is 15.6. The van der Waals surface area contributed by atoms with Crippen LogP contribution in [0.15, 0.2) is 52.7 Å². The van der Waals surface area contributed by atoms with Crippen LogP contribution in [-0.2, 0) is 20.0 Å². The lowest BCUT2D eigenvalue weighted by Gasteiger charge is -2.17. The van der Waals surface area contributed by atoms with Crippen LogP contribution in [0.25, 0.3) is 0 Å². The van der Waals surface area contributed by atoms with Crippen molar-refractivity contribution in [1.29, 1.82) is 0 Å². The topological polar surface area (TPSA) is 92.3 Å². The Hall–Kier alpha value is -1.26. The first kappa shape index (κ1) is 19.1. The molecule has 24 heavy (non-hydrogen) atoms. The van der Waals surface area contributed by atoms with E-state index in [2.05, 4.69) is 9.44 Å². The summed E-state index contributed by atoms with van der Waals surface area (Å²) in [7, 11) is -7.44. The zero-order chi connectivity index (χ0) is 17.6. The molecule has 6 nitrogen and oxygen atoms in total. The van der Waals surface area contributed by atoms with Crippen LogP contribution in [-0.4, -0.2) is 29.9 Å². The van der Waals surface area contributed by atoms with Gasteiger partial charge < -0.3 is 0 Å². The SMILES string of the molecule is CCCNS(=O)(=O)NCC(c1cccs1)S(=O)(=O)c1ccccc1. The van der Waals surface area contributed by atoms with Crippen LogP contribution in [0.1, 0.15) is 23.5 Å². The number of thiophene rings is 1. The molecule has 9 heteroatoms. The van der Waals surface area contributed by atoms with Gasteiger partial charge in [0.05, 0.1) is 4.90 Å². The Balaban J connectivity index is 2.27. The minimum atomic E-state index is -3.73. The van der Waals surface area contributed by atoms with Crippen LogP contribution in [0.2, 0.25) is 0 Å². The minimum absolute atomic E-state index is 0.170. The molecular formula is C15H20N2O4S3. The number of benzene rings is 1. The largest absolute Gasteiger partial charge is 0.276 e. The first-order valence-electron chi connectivity index (χ1n) is 7.43. The number of hydrogen-bond donors (Lipinski definition) is 2. The van der Waals surface area contributed by atoms with E-state index in [0.29, 0.717) is 17.8 Å². The number of sulfone groups is 1. The van der Waals surface area contributed by atoms with Gasteiger partial charge in [0, 0.05) is 18.0 Å². The third-order valence-electron chi connectivity index (χ3n) is 3.31. The molecule has 2 N–H and O–H groups in total. The highest BCUT2D eigenvalue weighted by molar-refractivity contribution is 7.92. The van der Waals surface area contributed by atoms with Gasteiger partial charge in [-0.1, -0.05) is 31.2 Å². The molecule has 132 valence electrons. The lowest BCUT2D eigenvalue weighted by molar-refractivity contribution is 0.559. The van der Waals surface area contributed by atoms with Crippen LogP contribution >= 0.6 is 11.3 Å². The van der Waals surface area contributed by atoms with Crippen LogP contribution < -0.4 is 9.44 Å². The van der Waals surface area contributed by atoms with Gasteiger partial charge in [-0.3, -0.25) is 0 Å². The third kappa shape index (κ3) is 4.87. The van der Waals surface area contributed by atoms with E-state index < -0.39 is 25.3 Å². The Kier molecular flexibility index (Phi) is 6.53. The summed E-state index contributed by atoms with van der Waals surface area (Å²) in [5.74, 6) is 0. The molecule has 0 radical (unpaired) electrons. The molecule has 1 atom stereocenters. The first-order valence-corrected chi connectivity index (χ1v) is 11.3. The van der Waals surface area contributed by atoms with E-state index in [1.807, 2.05) is 6.92 Å². The molecule has 0 saturated heterocycles. The van der Waals surface area contributed by atoms with E-state index in [4.69, 9.17) is 0 Å². The summed E-state index contributed by atoms with van der Waals surface area (Å²) >= 11 is 1.29. The summed E-state index contributed by atoms with van der Waals surface area (Å²) < 4.78 is 54.4. The summed E-state index contributed by atoms with van der Waals surface area (Å²) in [6, 6.07) is 11.5. The fraction of sp³-hybridized carbons (Fsp3) is 0.333. The Morgan fingerprint density at radius 1 is 1.00 bits per heavy atom. The predicted octanol–water partition coefficient (Wildman–Crippen LogP) is 2.10. The van der Waals surface area contributed by atoms with Gasteiger partial charge >= 0.3 is 0 Å². The van der Waals surface area contributed by atoms with Gasteiger partial charge in [0.2, 0.25) is 0 Å². The highest BCUT2D eigenvalue weighted by Crippen LogP contribution is 2.31. The van der Waals surface area contributed by atoms with E-state index in [1.165, 1.54) is 23.5 Å². The Morgan fingerprint density at radius 2 is 1.71 bits per heavy atom. The summed E-state index contributed by atoms with van der Waals surface area (Å²) in [6.07, 6.45) is 0.650. The highest BCUT2D eigenvalue weighted by Gasteiger charge is 2.31. The van der Waals surface area contributed by atoms with Crippen molar-refractivity contribution in [2.45, 2.75) is 23.5 Å². The van der Waals surface area contributed by atoms with E-state index in [1.54, 1.807) is 35.7 Å². The Labute approximate surface area is 147 Å². The molecule has 0 aliphatic carbocycles. The second kappa shape index (κ2) is 8.21. The molecule has 0 spiro atoms. The van der Waals surface area contributed by atoms with Gasteiger partial charge in [-0.25, -0.2) is 17.9 Å². The van der Waals surface area contributed by atoms with Crippen molar-refractivity contribution in [3.8, 4) is 0 Å². The van der Waals surface area contributed by atoms with Crippen molar-refractivity contribution >= 4 is 31.4 Å². The monoisotopic (exact) mass is 388 g/mol. The standard InChI is InChI=1S/C15H20N2O4S3/c1-2-10-16-24(20,21)17-12-15(14-9-6-11-22-14)23(18,19)13-7-4-3-5-8-13/h3-9,11,15-17H,2,10,12H2,1H3. The van der Waals surface area contributed by atoms with Gasteiger partial charge in [-0.15, -0.1) is 11.3 Å². The van der Waals surface area contributed by atoms with Crippen molar-refractivity contribution in [3.05, 3.63) is 52.7 Å². The molecular weight excluding hydrogens is 368 g/mol. The lowest BCUT2D eigenvalue weighted by atomic mass is 10.3. The fourth-order valence-corrected chi connectivity index (χ4v) is 5.96. The number of rotatable bonds is 9. The van der Waals surface area contributed by atoms with Crippen molar-refractivity contribution < 1.29 is 16.8 Å². The average molecular weight is 389 g/mol. The molecule has 1 aromatic carbocycles. The maximum absolute atomic E-state index is 12.9. The molecule has 1 heterocycles. The van der Waals surface area contributed by atoms with Crippen molar-refractivity contribution in [2.24, 2.45) is 0 Å². The molecule has 0 aliphatic heterocycles. The third-order valence-corrected chi connectivity index (χ3v) is 7.67. The maximum Gasteiger partial charge on any atom is 0.276 e. The number of hydrogen-bond acceptors (Lipinski definition) is 5. The Morgan fingerprint density at radius 3 is 2.29 bits per heavy atom. The van der Waals surface area contributed by atoms with Gasteiger partial charge in [0.15, 0.2) is 9.84 Å². The molecule has 1 aromatic heterocycles. The second-order valence-corrected chi connectivity index (χ2v) is 9.80. The second-order valence-electron chi connectivity index (χ2n) is 5.11. The van der Waals surface area contributed by atoms with Gasteiger partial charge in [-0.2, -0.15) is 8.42 Å². The normalized spacial score (nSPS) is 13.7. The fourth-order valence-electron chi connectivity index (χ4n) is 2.08. The van der Waals surface area contributed by atoms with E-state index in [9.17, 15) is 16.8 Å². The van der Waals surface area contributed by atoms with E-state index >= 15 is 0 Å². The van der Waals surface area contributed by atoms with Crippen LogP contribution in [0.3, 0.4) is 0 Å². The molecule has 0 bridgehead atoms. The Bertz CT molecular complexity index is 832. The lowest BCUT2D eigenvalue weighted by Crippen LogP contribution is -2.40. The molecule has 0 fully saturated rings. The molecule has 1 unspecified atom stereocenters.